The Morgan fingerprint density at radius 2 is 1.75 bits per heavy atom. The number of rotatable bonds is 5. The Kier molecular flexibility index (Phi) is 6.63. The number of piperidine rings is 1. The molecule has 168 valence electrons. The number of hydrogen-bond donors (Lipinski definition) is 0. The third-order valence-electron chi connectivity index (χ3n) is 7.25. The van der Waals surface area contributed by atoms with Crippen LogP contribution >= 0.6 is 11.6 Å². The summed E-state index contributed by atoms with van der Waals surface area (Å²) in [4.78, 5) is 12.6. The van der Waals surface area contributed by atoms with E-state index in [1.165, 1.54) is 38.0 Å². The molecule has 0 aliphatic carbocycles. The minimum absolute atomic E-state index is 0.502. The third-order valence-corrected chi connectivity index (χ3v) is 7.55. The zero-order valence-corrected chi connectivity index (χ0v) is 19.7. The van der Waals surface area contributed by atoms with Crippen molar-refractivity contribution >= 4 is 28.3 Å². The van der Waals surface area contributed by atoms with Crippen LogP contribution in [0.4, 0.5) is 5.82 Å². The molecular formula is C27H33ClN4. The molecule has 0 spiro atoms. The van der Waals surface area contributed by atoms with E-state index in [1.807, 2.05) is 12.1 Å². The van der Waals surface area contributed by atoms with Crippen molar-refractivity contribution in [3.05, 3.63) is 71.2 Å². The van der Waals surface area contributed by atoms with Crippen LogP contribution in [0.25, 0.3) is 10.9 Å². The van der Waals surface area contributed by atoms with Gasteiger partial charge >= 0.3 is 0 Å². The van der Waals surface area contributed by atoms with Crippen molar-refractivity contribution < 1.29 is 0 Å². The fourth-order valence-electron chi connectivity index (χ4n) is 5.34. The average Bonchev–Trinajstić information content (AvgIpc) is 2.85. The van der Waals surface area contributed by atoms with Gasteiger partial charge in [0.15, 0.2) is 0 Å². The number of halogens is 1. The molecule has 3 aromatic rings. The lowest BCUT2D eigenvalue weighted by atomic mass is 9.94. The highest BCUT2D eigenvalue weighted by molar-refractivity contribution is 6.35. The summed E-state index contributed by atoms with van der Waals surface area (Å²) in [5.41, 5.74) is 2.34. The first-order valence-electron chi connectivity index (χ1n) is 12.0. The first kappa shape index (κ1) is 21.7. The summed E-state index contributed by atoms with van der Waals surface area (Å²) >= 11 is 6.38. The second-order valence-electron chi connectivity index (χ2n) is 9.36. The Bertz CT molecular complexity index is 1030. The van der Waals surface area contributed by atoms with Gasteiger partial charge in [-0.15, -0.1) is 0 Å². The lowest BCUT2D eigenvalue weighted by Crippen LogP contribution is -2.50. The number of para-hydroxylation sites is 1. The van der Waals surface area contributed by atoms with E-state index in [4.69, 9.17) is 16.6 Å². The number of nitrogens with zero attached hydrogens (tertiary/aromatic N) is 4. The Hall–Kier alpha value is -2.14. The number of pyridine rings is 1. The van der Waals surface area contributed by atoms with Crippen LogP contribution < -0.4 is 4.90 Å². The van der Waals surface area contributed by atoms with E-state index in [1.54, 1.807) is 0 Å². The number of likely N-dealkylation sites (tertiary alicyclic amines) is 1. The lowest BCUT2D eigenvalue weighted by Gasteiger charge is -2.41. The van der Waals surface area contributed by atoms with Crippen LogP contribution in [0.15, 0.2) is 60.7 Å². The van der Waals surface area contributed by atoms with E-state index in [9.17, 15) is 0 Å². The molecule has 5 rings (SSSR count). The minimum atomic E-state index is 0.502. The van der Waals surface area contributed by atoms with Crippen molar-refractivity contribution in [2.75, 3.05) is 50.7 Å². The molecule has 2 fully saturated rings. The van der Waals surface area contributed by atoms with Crippen molar-refractivity contribution in [1.82, 2.24) is 14.8 Å². The van der Waals surface area contributed by atoms with Crippen molar-refractivity contribution in [1.29, 1.82) is 0 Å². The fourth-order valence-corrected chi connectivity index (χ4v) is 5.57. The monoisotopic (exact) mass is 448 g/mol. The van der Waals surface area contributed by atoms with Gasteiger partial charge in [0, 0.05) is 50.7 Å². The van der Waals surface area contributed by atoms with Gasteiger partial charge in [-0.05, 0) is 56.0 Å². The fraction of sp³-hybridized carbons (Fsp3) is 0.444. The van der Waals surface area contributed by atoms with Crippen LogP contribution in [0.5, 0.6) is 0 Å². The molecule has 0 N–H and O–H groups in total. The van der Waals surface area contributed by atoms with Crippen LogP contribution in [-0.4, -0.2) is 60.6 Å². The second-order valence-corrected chi connectivity index (χ2v) is 9.77. The summed E-state index contributed by atoms with van der Waals surface area (Å²) in [6, 6.07) is 21.7. The summed E-state index contributed by atoms with van der Waals surface area (Å²) in [5, 5.41) is 1.83. The van der Waals surface area contributed by atoms with Crippen LogP contribution in [0, 0.1) is 5.92 Å². The molecule has 4 nitrogen and oxygen atoms in total. The van der Waals surface area contributed by atoms with Gasteiger partial charge in [0.25, 0.3) is 0 Å². The van der Waals surface area contributed by atoms with Gasteiger partial charge in [-0.2, -0.15) is 0 Å². The van der Waals surface area contributed by atoms with E-state index in [0.717, 1.165) is 53.8 Å². The minimum Gasteiger partial charge on any atom is -0.354 e. The summed E-state index contributed by atoms with van der Waals surface area (Å²) in [6.45, 7) is 10.3. The maximum absolute atomic E-state index is 6.38. The normalized spacial score (nSPS) is 21.7. The molecule has 2 aliphatic heterocycles. The van der Waals surface area contributed by atoms with Gasteiger partial charge in [-0.3, -0.25) is 9.80 Å². The predicted molar refractivity (Wildman–Crippen MR) is 135 cm³/mol. The molecular weight excluding hydrogens is 416 g/mol. The summed E-state index contributed by atoms with van der Waals surface area (Å²) in [6.07, 6.45) is 2.66. The number of anilines is 1. The predicted octanol–water partition coefficient (Wildman–Crippen LogP) is 5.48. The zero-order chi connectivity index (χ0) is 21.9. The van der Waals surface area contributed by atoms with Crippen molar-refractivity contribution in [3.63, 3.8) is 0 Å². The molecule has 0 bridgehead atoms. The molecule has 5 heteroatoms. The maximum atomic E-state index is 6.38. The molecule has 0 amide bonds. The SMILES string of the molecule is C[C@H](c1ccccc1)N1CCC[C@H](CN2CCN(c3ccc4cccc(Cl)c4n3)CC2)C1. The largest absolute Gasteiger partial charge is 0.354 e. The molecule has 2 saturated heterocycles. The maximum Gasteiger partial charge on any atom is 0.129 e. The van der Waals surface area contributed by atoms with Crippen molar-refractivity contribution in [3.8, 4) is 0 Å². The Labute approximate surface area is 196 Å². The van der Waals surface area contributed by atoms with Gasteiger partial charge in [-0.25, -0.2) is 4.98 Å². The molecule has 32 heavy (non-hydrogen) atoms. The summed E-state index contributed by atoms with van der Waals surface area (Å²) in [5.74, 6) is 1.81. The number of benzene rings is 2. The smallest absolute Gasteiger partial charge is 0.129 e. The number of aromatic nitrogens is 1. The highest BCUT2D eigenvalue weighted by atomic mass is 35.5. The van der Waals surface area contributed by atoms with Gasteiger partial charge in [0.1, 0.15) is 5.82 Å². The molecule has 2 atom stereocenters. The Morgan fingerprint density at radius 3 is 2.56 bits per heavy atom. The van der Waals surface area contributed by atoms with Gasteiger partial charge in [-0.1, -0.05) is 54.1 Å². The molecule has 1 aromatic heterocycles. The molecule has 2 aliphatic rings. The van der Waals surface area contributed by atoms with E-state index in [2.05, 4.69) is 70.2 Å². The number of piperazine rings is 1. The Balaban J connectivity index is 1.16. The standard InChI is InChI=1S/C27H33ClN4/c1-21(23-8-3-2-4-9-23)32-14-6-7-22(20-32)19-30-15-17-31(18-16-30)26-13-12-24-10-5-11-25(28)27(24)29-26/h2-5,8-13,21-22H,6-7,14-20H2,1H3/t21-,22-/m1/s1. The Morgan fingerprint density at radius 1 is 0.938 bits per heavy atom. The summed E-state index contributed by atoms with van der Waals surface area (Å²) < 4.78 is 0. The van der Waals surface area contributed by atoms with E-state index in [-0.39, 0.29) is 0 Å². The van der Waals surface area contributed by atoms with E-state index in [0.29, 0.717) is 6.04 Å². The molecule has 0 radical (unpaired) electrons. The topological polar surface area (TPSA) is 22.6 Å². The second kappa shape index (κ2) is 9.78. The van der Waals surface area contributed by atoms with Crippen molar-refractivity contribution in [2.24, 2.45) is 5.92 Å². The van der Waals surface area contributed by atoms with Gasteiger partial charge < -0.3 is 4.90 Å². The average molecular weight is 449 g/mol. The molecule has 2 aromatic carbocycles. The molecule has 0 unspecified atom stereocenters. The third kappa shape index (κ3) is 4.78. The van der Waals surface area contributed by atoms with Gasteiger partial charge in [0.05, 0.1) is 10.5 Å². The summed E-state index contributed by atoms with van der Waals surface area (Å²) in [7, 11) is 0. The van der Waals surface area contributed by atoms with Crippen LogP contribution in [0.3, 0.4) is 0 Å². The van der Waals surface area contributed by atoms with Crippen molar-refractivity contribution in [2.45, 2.75) is 25.8 Å². The zero-order valence-electron chi connectivity index (χ0n) is 19.0. The highest BCUT2D eigenvalue weighted by Gasteiger charge is 2.27. The van der Waals surface area contributed by atoms with Crippen LogP contribution in [0.2, 0.25) is 5.02 Å². The first-order chi connectivity index (χ1) is 15.7. The van der Waals surface area contributed by atoms with Gasteiger partial charge in [0.2, 0.25) is 0 Å². The number of fused-ring (bicyclic) bond motifs is 1. The first-order valence-corrected chi connectivity index (χ1v) is 12.4. The quantitative estimate of drug-likeness (QED) is 0.515. The number of hydrogen-bond acceptors (Lipinski definition) is 4. The van der Waals surface area contributed by atoms with E-state index < -0.39 is 0 Å². The van der Waals surface area contributed by atoms with Crippen LogP contribution in [0.1, 0.15) is 31.4 Å². The highest BCUT2D eigenvalue weighted by Crippen LogP contribution is 2.28. The molecule has 3 heterocycles. The molecule has 0 saturated carbocycles. The lowest BCUT2D eigenvalue weighted by molar-refractivity contribution is 0.102. The van der Waals surface area contributed by atoms with Crippen LogP contribution in [-0.2, 0) is 0 Å². The van der Waals surface area contributed by atoms with E-state index >= 15 is 0 Å².